The lowest BCUT2D eigenvalue weighted by atomic mass is 9.83. The minimum Gasteiger partial charge on any atom is -0.338 e. The summed E-state index contributed by atoms with van der Waals surface area (Å²) in [6, 6.07) is 0.408. The second-order valence-electron chi connectivity index (χ2n) is 7.22. The molecule has 0 bridgehead atoms. The number of carbonyl (C=O) groups excluding carboxylic acids is 1. The van der Waals surface area contributed by atoms with Gasteiger partial charge < -0.3 is 10.6 Å². The molecule has 0 unspecified atom stereocenters. The van der Waals surface area contributed by atoms with E-state index < -0.39 is 0 Å². The highest BCUT2D eigenvalue weighted by Crippen LogP contribution is 2.27. The molecule has 0 heterocycles. The van der Waals surface area contributed by atoms with Gasteiger partial charge in [-0.15, -0.1) is 0 Å². The van der Waals surface area contributed by atoms with E-state index in [1.54, 1.807) is 0 Å². The summed E-state index contributed by atoms with van der Waals surface area (Å²) in [5.74, 6) is 0.895. The van der Waals surface area contributed by atoms with E-state index in [1.807, 2.05) is 0 Å². The molecule has 0 aliphatic heterocycles. The van der Waals surface area contributed by atoms with Gasteiger partial charge in [-0.05, 0) is 43.4 Å². The van der Waals surface area contributed by atoms with Crippen molar-refractivity contribution in [1.29, 1.82) is 0 Å². The average Bonchev–Trinajstić information content (AvgIpc) is 2.30. The van der Waals surface area contributed by atoms with Crippen LogP contribution in [-0.4, -0.2) is 18.6 Å². The Hall–Kier alpha value is -0.730. The Kier molecular flexibility index (Phi) is 6.67. The highest BCUT2D eigenvalue weighted by molar-refractivity contribution is 5.74. The van der Waals surface area contributed by atoms with E-state index in [0.717, 1.165) is 31.7 Å². The predicted octanol–water partition coefficient (Wildman–Crippen LogP) is 4.08. The number of urea groups is 1. The van der Waals surface area contributed by atoms with Gasteiger partial charge in [0, 0.05) is 12.6 Å². The third-order valence-electron chi connectivity index (χ3n) is 4.04. The summed E-state index contributed by atoms with van der Waals surface area (Å²) in [4.78, 5) is 11.8. The first kappa shape index (κ1) is 16.3. The highest BCUT2D eigenvalue weighted by Gasteiger charge is 2.21. The molecular weight excluding hydrogens is 236 g/mol. The fourth-order valence-corrected chi connectivity index (χ4v) is 2.79. The highest BCUT2D eigenvalue weighted by atomic mass is 16.2. The van der Waals surface area contributed by atoms with E-state index in [2.05, 4.69) is 38.3 Å². The third kappa shape index (κ3) is 7.44. The van der Waals surface area contributed by atoms with Crippen molar-refractivity contribution in [2.24, 2.45) is 11.3 Å². The van der Waals surface area contributed by atoms with E-state index in [9.17, 15) is 4.79 Å². The predicted molar refractivity (Wildman–Crippen MR) is 81.3 cm³/mol. The van der Waals surface area contributed by atoms with Gasteiger partial charge in [-0.2, -0.15) is 0 Å². The molecule has 1 rings (SSSR count). The number of nitrogens with one attached hydrogen (secondary N) is 2. The summed E-state index contributed by atoms with van der Waals surface area (Å²) in [6.07, 6.45) is 8.51. The zero-order valence-electron chi connectivity index (χ0n) is 13.2. The Morgan fingerprint density at radius 2 is 1.79 bits per heavy atom. The number of rotatable bonds is 5. The molecule has 3 nitrogen and oxygen atoms in total. The van der Waals surface area contributed by atoms with Gasteiger partial charge in [0.25, 0.3) is 0 Å². The number of carbonyl (C=O) groups is 1. The molecule has 1 aliphatic rings. The van der Waals surface area contributed by atoms with Crippen molar-refractivity contribution in [2.75, 3.05) is 6.54 Å². The van der Waals surface area contributed by atoms with Crippen molar-refractivity contribution in [3.8, 4) is 0 Å². The summed E-state index contributed by atoms with van der Waals surface area (Å²) in [7, 11) is 0. The first-order chi connectivity index (χ1) is 8.90. The van der Waals surface area contributed by atoms with Crippen molar-refractivity contribution >= 4 is 6.03 Å². The molecule has 19 heavy (non-hydrogen) atoms. The van der Waals surface area contributed by atoms with Crippen LogP contribution in [0.25, 0.3) is 0 Å². The molecule has 0 aromatic carbocycles. The van der Waals surface area contributed by atoms with Gasteiger partial charge in [-0.25, -0.2) is 4.79 Å². The third-order valence-corrected chi connectivity index (χ3v) is 4.04. The van der Waals surface area contributed by atoms with Crippen LogP contribution in [0.15, 0.2) is 0 Å². The topological polar surface area (TPSA) is 41.1 Å². The van der Waals surface area contributed by atoms with Crippen LogP contribution < -0.4 is 10.6 Å². The standard InChI is InChI=1S/C16H32N2O/c1-5-6-13-7-9-14(10-8-13)18-15(19)17-12-11-16(2,3)4/h13-14H,5-12H2,1-4H3,(H2,17,18,19). The molecule has 1 aliphatic carbocycles. The summed E-state index contributed by atoms with van der Waals surface area (Å²) >= 11 is 0. The van der Waals surface area contributed by atoms with Gasteiger partial charge in [0.15, 0.2) is 0 Å². The summed E-state index contributed by atoms with van der Waals surface area (Å²) in [5.41, 5.74) is 0.283. The Morgan fingerprint density at radius 1 is 1.16 bits per heavy atom. The van der Waals surface area contributed by atoms with Gasteiger partial charge in [0.2, 0.25) is 0 Å². The molecule has 0 aromatic rings. The van der Waals surface area contributed by atoms with E-state index in [-0.39, 0.29) is 11.4 Å². The SMILES string of the molecule is CCCC1CCC(NC(=O)NCCC(C)(C)C)CC1. The number of hydrogen-bond donors (Lipinski definition) is 2. The van der Waals surface area contributed by atoms with Crippen LogP contribution in [0.5, 0.6) is 0 Å². The molecule has 0 spiro atoms. The Balaban J connectivity index is 2.13. The Labute approximate surface area is 118 Å². The van der Waals surface area contributed by atoms with Gasteiger partial charge in [0.1, 0.15) is 0 Å². The maximum absolute atomic E-state index is 11.8. The van der Waals surface area contributed by atoms with Crippen molar-refractivity contribution < 1.29 is 4.79 Å². The van der Waals surface area contributed by atoms with Crippen molar-refractivity contribution in [3.63, 3.8) is 0 Å². The molecule has 0 saturated heterocycles. The molecule has 0 aromatic heterocycles. The quantitative estimate of drug-likeness (QED) is 0.775. The second-order valence-corrected chi connectivity index (χ2v) is 7.22. The summed E-state index contributed by atoms with van der Waals surface area (Å²) in [6.45, 7) is 9.61. The monoisotopic (exact) mass is 268 g/mol. The molecule has 112 valence electrons. The van der Waals surface area contributed by atoms with E-state index in [1.165, 1.54) is 25.7 Å². The van der Waals surface area contributed by atoms with Crippen LogP contribution in [-0.2, 0) is 0 Å². The van der Waals surface area contributed by atoms with Gasteiger partial charge in [0.05, 0.1) is 0 Å². The Morgan fingerprint density at radius 3 is 2.32 bits per heavy atom. The summed E-state index contributed by atoms with van der Waals surface area (Å²) in [5, 5.41) is 6.09. The van der Waals surface area contributed by atoms with Crippen LogP contribution in [0.2, 0.25) is 0 Å². The summed E-state index contributed by atoms with van der Waals surface area (Å²) < 4.78 is 0. The number of amides is 2. The Bertz CT molecular complexity index is 262. The molecule has 0 radical (unpaired) electrons. The molecule has 3 heteroatoms. The van der Waals surface area contributed by atoms with Crippen LogP contribution in [0.3, 0.4) is 0 Å². The average molecular weight is 268 g/mol. The molecule has 1 saturated carbocycles. The zero-order valence-corrected chi connectivity index (χ0v) is 13.2. The molecule has 1 fully saturated rings. The minimum absolute atomic E-state index is 0.0168. The maximum atomic E-state index is 11.8. The van der Waals surface area contributed by atoms with Crippen molar-refractivity contribution in [2.45, 2.75) is 78.7 Å². The van der Waals surface area contributed by atoms with Gasteiger partial charge in [-0.1, -0.05) is 40.5 Å². The number of hydrogen-bond acceptors (Lipinski definition) is 1. The van der Waals surface area contributed by atoms with E-state index >= 15 is 0 Å². The van der Waals surface area contributed by atoms with Gasteiger partial charge >= 0.3 is 6.03 Å². The first-order valence-electron chi connectivity index (χ1n) is 7.95. The molecular formula is C16H32N2O. The second kappa shape index (κ2) is 7.76. The maximum Gasteiger partial charge on any atom is 0.315 e. The minimum atomic E-state index is 0.0168. The lowest BCUT2D eigenvalue weighted by molar-refractivity contribution is 0.223. The van der Waals surface area contributed by atoms with Gasteiger partial charge in [-0.3, -0.25) is 0 Å². The lowest BCUT2D eigenvalue weighted by Crippen LogP contribution is -2.44. The smallest absolute Gasteiger partial charge is 0.315 e. The van der Waals surface area contributed by atoms with Crippen molar-refractivity contribution in [3.05, 3.63) is 0 Å². The van der Waals surface area contributed by atoms with Crippen LogP contribution in [0.1, 0.15) is 72.6 Å². The van der Waals surface area contributed by atoms with Crippen LogP contribution >= 0.6 is 0 Å². The van der Waals surface area contributed by atoms with E-state index in [0.29, 0.717) is 6.04 Å². The largest absolute Gasteiger partial charge is 0.338 e. The van der Waals surface area contributed by atoms with Crippen LogP contribution in [0.4, 0.5) is 4.79 Å². The lowest BCUT2D eigenvalue weighted by Gasteiger charge is -2.29. The van der Waals surface area contributed by atoms with E-state index in [4.69, 9.17) is 0 Å². The zero-order chi connectivity index (χ0) is 14.3. The first-order valence-corrected chi connectivity index (χ1v) is 7.95. The fraction of sp³-hybridized carbons (Fsp3) is 0.938. The van der Waals surface area contributed by atoms with Crippen molar-refractivity contribution in [1.82, 2.24) is 10.6 Å². The molecule has 2 amide bonds. The van der Waals surface area contributed by atoms with Crippen LogP contribution in [0, 0.1) is 11.3 Å². The fourth-order valence-electron chi connectivity index (χ4n) is 2.79. The normalized spacial score (nSPS) is 24.0. The molecule has 0 atom stereocenters. The molecule has 2 N–H and O–H groups in total.